The average Bonchev–Trinajstić information content (AvgIpc) is 2.44. The van der Waals surface area contributed by atoms with Crippen molar-refractivity contribution in [1.82, 2.24) is 4.98 Å². The van der Waals surface area contributed by atoms with Crippen LogP contribution in [-0.2, 0) is 0 Å². The molecule has 2 nitrogen and oxygen atoms in total. The van der Waals surface area contributed by atoms with Gasteiger partial charge in [0.15, 0.2) is 0 Å². The molecule has 1 aliphatic rings. The Kier molecular flexibility index (Phi) is 3.72. The topological polar surface area (TPSA) is 24.9 Å². The van der Waals surface area contributed by atoms with Crippen molar-refractivity contribution in [2.45, 2.75) is 26.7 Å². The number of fused-ring (bicyclic) bond motifs is 1. The molecule has 104 valence electrons. The highest BCUT2D eigenvalue weighted by Gasteiger charge is 2.17. The number of rotatable bonds is 3. The fourth-order valence-electron chi connectivity index (χ4n) is 3.35. The summed E-state index contributed by atoms with van der Waals surface area (Å²) >= 11 is 0. The van der Waals surface area contributed by atoms with E-state index in [2.05, 4.69) is 54.5 Å². The summed E-state index contributed by atoms with van der Waals surface area (Å²) in [5.74, 6) is 1.45. The number of hydrogen-bond acceptors (Lipinski definition) is 2. The van der Waals surface area contributed by atoms with Crippen LogP contribution in [0.15, 0.2) is 48.2 Å². The molecule has 1 N–H and O–H groups in total. The molecular formula is C18H22N2. The molecule has 20 heavy (non-hydrogen) atoms. The molecular weight excluding hydrogens is 244 g/mol. The van der Waals surface area contributed by atoms with Crippen LogP contribution >= 0.6 is 0 Å². The quantitative estimate of drug-likeness (QED) is 0.819. The lowest BCUT2D eigenvalue weighted by Gasteiger charge is -2.26. The summed E-state index contributed by atoms with van der Waals surface area (Å²) in [4.78, 5) is 4.41. The molecule has 1 aromatic carbocycles. The summed E-state index contributed by atoms with van der Waals surface area (Å²) < 4.78 is 0. The molecule has 0 saturated heterocycles. The maximum atomic E-state index is 4.41. The molecule has 1 aromatic heterocycles. The van der Waals surface area contributed by atoms with Gasteiger partial charge >= 0.3 is 0 Å². The molecule has 2 atom stereocenters. The first-order chi connectivity index (χ1) is 9.72. The summed E-state index contributed by atoms with van der Waals surface area (Å²) in [5, 5.41) is 4.85. The molecule has 2 unspecified atom stereocenters. The molecule has 0 amide bonds. The average molecular weight is 266 g/mol. The van der Waals surface area contributed by atoms with E-state index >= 15 is 0 Å². The zero-order valence-electron chi connectivity index (χ0n) is 12.3. The van der Waals surface area contributed by atoms with Crippen molar-refractivity contribution in [3.05, 3.63) is 48.2 Å². The summed E-state index contributed by atoms with van der Waals surface area (Å²) in [5.41, 5.74) is 3.80. The van der Waals surface area contributed by atoms with Crippen molar-refractivity contribution < 1.29 is 0 Å². The van der Waals surface area contributed by atoms with Crippen molar-refractivity contribution in [2.75, 3.05) is 11.9 Å². The standard InChI is InChI=1S/C18H22N2/c1-13-9-14(2)11-15(10-13)12-20-18-7-3-6-17-16(18)5-4-8-19-17/h3-9,13,15,20H,10-12H2,1-2H3. The minimum Gasteiger partial charge on any atom is -0.384 e. The zero-order chi connectivity index (χ0) is 13.9. The van der Waals surface area contributed by atoms with E-state index in [1.807, 2.05) is 12.3 Å². The Morgan fingerprint density at radius 1 is 1.25 bits per heavy atom. The van der Waals surface area contributed by atoms with Gasteiger partial charge in [0.1, 0.15) is 0 Å². The van der Waals surface area contributed by atoms with Crippen LogP contribution in [-0.4, -0.2) is 11.5 Å². The molecule has 1 heterocycles. The molecule has 0 spiro atoms. The number of allylic oxidation sites excluding steroid dienone is 2. The first-order valence-corrected chi connectivity index (χ1v) is 7.47. The van der Waals surface area contributed by atoms with Crippen molar-refractivity contribution in [3.63, 3.8) is 0 Å². The van der Waals surface area contributed by atoms with E-state index < -0.39 is 0 Å². The fourth-order valence-corrected chi connectivity index (χ4v) is 3.35. The van der Waals surface area contributed by atoms with Gasteiger partial charge in [-0.3, -0.25) is 4.98 Å². The van der Waals surface area contributed by atoms with Crippen LogP contribution in [0.25, 0.3) is 10.9 Å². The fraction of sp³-hybridized carbons (Fsp3) is 0.389. The number of benzene rings is 1. The first-order valence-electron chi connectivity index (χ1n) is 7.47. The Balaban J connectivity index is 1.73. The van der Waals surface area contributed by atoms with Crippen LogP contribution in [0.4, 0.5) is 5.69 Å². The summed E-state index contributed by atoms with van der Waals surface area (Å²) in [6, 6.07) is 10.4. The molecule has 3 rings (SSSR count). The first kappa shape index (κ1) is 13.2. The number of nitrogens with zero attached hydrogens (tertiary/aromatic N) is 1. The number of anilines is 1. The minimum atomic E-state index is 0.713. The van der Waals surface area contributed by atoms with Gasteiger partial charge in [0.25, 0.3) is 0 Å². The smallest absolute Gasteiger partial charge is 0.0722 e. The second-order valence-electron chi connectivity index (χ2n) is 6.05. The van der Waals surface area contributed by atoms with E-state index in [0.29, 0.717) is 5.92 Å². The lowest BCUT2D eigenvalue weighted by Crippen LogP contribution is -2.20. The van der Waals surface area contributed by atoms with E-state index in [1.54, 1.807) is 0 Å². The van der Waals surface area contributed by atoms with Crippen LogP contribution in [0, 0.1) is 11.8 Å². The third kappa shape index (κ3) is 2.84. The lowest BCUT2D eigenvalue weighted by molar-refractivity contribution is 0.421. The van der Waals surface area contributed by atoms with E-state index in [-0.39, 0.29) is 0 Å². The van der Waals surface area contributed by atoms with Crippen LogP contribution in [0.2, 0.25) is 0 Å². The number of aromatic nitrogens is 1. The summed E-state index contributed by atoms with van der Waals surface area (Å²) in [6.07, 6.45) is 6.77. The Morgan fingerprint density at radius 3 is 3.00 bits per heavy atom. The van der Waals surface area contributed by atoms with E-state index in [0.717, 1.165) is 18.0 Å². The van der Waals surface area contributed by atoms with Crippen LogP contribution < -0.4 is 5.32 Å². The number of pyridine rings is 1. The predicted octanol–water partition coefficient (Wildman–Crippen LogP) is 4.64. The number of nitrogens with one attached hydrogen (secondary N) is 1. The van der Waals surface area contributed by atoms with Gasteiger partial charge < -0.3 is 5.32 Å². The second kappa shape index (κ2) is 5.66. The molecule has 1 aliphatic carbocycles. The van der Waals surface area contributed by atoms with Gasteiger partial charge in [-0.1, -0.05) is 24.6 Å². The van der Waals surface area contributed by atoms with Crippen molar-refractivity contribution in [1.29, 1.82) is 0 Å². The van der Waals surface area contributed by atoms with Crippen LogP contribution in [0.5, 0.6) is 0 Å². The van der Waals surface area contributed by atoms with E-state index in [1.165, 1.54) is 29.5 Å². The Labute approximate surface area is 120 Å². The molecule has 2 aromatic rings. The van der Waals surface area contributed by atoms with Gasteiger partial charge in [-0.2, -0.15) is 0 Å². The molecule has 0 fully saturated rings. The summed E-state index contributed by atoms with van der Waals surface area (Å²) in [7, 11) is 0. The molecule has 0 bridgehead atoms. The largest absolute Gasteiger partial charge is 0.384 e. The third-order valence-electron chi connectivity index (χ3n) is 4.11. The SMILES string of the molecule is CC1=CC(C)CC(CNc2cccc3ncccc23)C1. The highest BCUT2D eigenvalue weighted by atomic mass is 14.9. The highest BCUT2D eigenvalue weighted by molar-refractivity contribution is 5.91. The molecule has 0 aliphatic heterocycles. The van der Waals surface area contributed by atoms with E-state index in [4.69, 9.17) is 0 Å². The zero-order valence-corrected chi connectivity index (χ0v) is 12.3. The third-order valence-corrected chi connectivity index (χ3v) is 4.11. The van der Waals surface area contributed by atoms with Crippen molar-refractivity contribution in [3.8, 4) is 0 Å². The molecule has 0 saturated carbocycles. The van der Waals surface area contributed by atoms with Crippen LogP contribution in [0.3, 0.4) is 0 Å². The summed E-state index contributed by atoms with van der Waals surface area (Å²) in [6.45, 7) is 5.62. The van der Waals surface area contributed by atoms with Gasteiger partial charge in [-0.25, -0.2) is 0 Å². The Bertz CT molecular complexity index is 625. The number of hydrogen-bond donors (Lipinski definition) is 1. The van der Waals surface area contributed by atoms with Crippen molar-refractivity contribution >= 4 is 16.6 Å². The lowest BCUT2D eigenvalue weighted by atomic mass is 9.83. The van der Waals surface area contributed by atoms with Gasteiger partial charge in [-0.15, -0.1) is 0 Å². The van der Waals surface area contributed by atoms with Crippen molar-refractivity contribution in [2.24, 2.45) is 11.8 Å². The second-order valence-corrected chi connectivity index (χ2v) is 6.05. The van der Waals surface area contributed by atoms with Crippen LogP contribution in [0.1, 0.15) is 26.7 Å². The minimum absolute atomic E-state index is 0.713. The van der Waals surface area contributed by atoms with Gasteiger partial charge in [0, 0.05) is 23.8 Å². The molecule has 0 radical (unpaired) electrons. The van der Waals surface area contributed by atoms with Gasteiger partial charge in [0.2, 0.25) is 0 Å². The predicted molar refractivity (Wildman–Crippen MR) is 85.9 cm³/mol. The maximum absolute atomic E-state index is 4.41. The van der Waals surface area contributed by atoms with Gasteiger partial charge in [0.05, 0.1) is 5.52 Å². The highest BCUT2D eigenvalue weighted by Crippen LogP contribution is 2.29. The normalized spacial score (nSPS) is 22.6. The maximum Gasteiger partial charge on any atom is 0.0722 e. The van der Waals surface area contributed by atoms with E-state index in [9.17, 15) is 0 Å². The molecule has 2 heteroatoms. The Morgan fingerprint density at radius 2 is 2.15 bits per heavy atom. The monoisotopic (exact) mass is 266 g/mol. The Hall–Kier alpha value is -1.83. The van der Waals surface area contributed by atoms with Gasteiger partial charge in [-0.05, 0) is 55.9 Å².